The van der Waals surface area contributed by atoms with Crippen LogP contribution in [-0.2, 0) is 27.2 Å². The predicted molar refractivity (Wildman–Crippen MR) is 133 cm³/mol. The number of benzene rings is 2. The third-order valence-corrected chi connectivity index (χ3v) is 5.40. The van der Waals surface area contributed by atoms with Crippen LogP contribution in [0.3, 0.4) is 0 Å². The van der Waals surface area contributed by atoms with E-state index in [0.717, 1.165) is 21.4 Å². The van der Waals surface area contributed by atoms with Crippen molar-refractivity contribution >= 4 is 23.3 Å². The van der Waals surface area contributed by atoms with E-state index in [4.69, 9.17) is 4.74 Å². The Labute approximate surface area is 196 Å². The topological polar surface area (TPSA) is 95.4 Å². The molecule has 9 nitrogen and oxygen atoms in total. The van der Waals surface area contributed by atoms with E-state index in [1.165, 1.54) is 11.6 Å². The summed E-state index contributed by atoms with van der Waals surface area (Å²) < 4.78 is 10.1. The first-order valence-corrected chi connectivity index (χ1v) is 11.1. The van der Waals surface area contributed by atoms with Crippen molar-refractivity contribution in [3.05, 3.63) is 86.6 Å². The van der Waals surface area contributed by atoms with Crippen LogP contribution < -0.4 is 21.4 Å². The Morgan fingerprint density at radius 3 is 2.41 bits per heavy atom. The van der Waals surface area contributed by atoms with E-state index in [9.17, 15) is 9.59 Å². The van der Waals surface area contributed by atoms with Crippen molar-refractivity contribution in [1.82, 2.24) is 18.7 Å². The standard InChI is InChI=1S/C25H28N6O3/c1-17(2)15-31-21-22(29(3)25(33)30(4)23(21)32)27-24(31)28-26-14-18-10-12-20(13-11-18)34-16-19-8-6-5-7-9-19/h5-14,17H,15-16H2,1-4H3,(H,27,28). The number of fused-ring (bicyclic) bond motifs is 1. The molecule has 176 valence electrons. The van der Waals surface area contributed by atoms with Crippen LogP contribution in [0, 0.1) is 5.92 Å². The fraction of sp³-hybridized carbons (Fsp3) is 0.280. The summed E-state index contributed by atoms with van der Waals surface area (Å²) in [5, 5.41) is 4.31. The monoisotopic (exact) mass is 460 g/mol. The van der Waals surface area contributed by atoms with Crippen LogP contribution in [0.25, 0.3) is 11.2 Å². The summed E-state index contributed by atoms with van der Waals surface area (Å²) in [7, 11) is 3.07. The summed E-state index contributed by atoms with van der Waals surface area (Å²) in [6, 6.07) is 17.6. The predicted octanol–water partition coefficient (Wildman–Crippen LogP) is 3.11. The first kappa shape index (κ1) is 23.0. The van der Waals surface area contributed by atoms with Gasteiger partial charge in [-0.05, 0) is 41.3 Å². The average Bonchev–Trinajstić information content (AvgIpc) is 3.19. The Kier molecular flexibility index (Phi) is 6.62. The van der Waals surface area contributed by atoms with E-state index < -0.39 is 5.69 Å². The number of ether oxygens (including phenoxy) is 1. The second-order valence-corrected chi connectivity index (χ2v) is 8.53. The number of imidazole rings is 1. The maximum absolute atomic E-state index is 12.8. The van der Waals surface area contributed by atoms with E-state index in [0.29, 0.717) is 30.3 Å². The Bertz CT molecular complexity index is 1430. The zero-order valence-electron chi connectivity index (χ0n) is 19.7. The van der Waals surface area contributed by atoms with Crippen LogP contribution in [0.2, 0.25) is 0 Å². The van der Waals surface area contributed by atoms with Crippen LogP contribution in [0.4, 0.5) is 5.95 Å². The van der Waals surface area contributed by atoms with Gasteiger partial charge in [-0.1, -0.05) is 44.2 Å². The van der Waals surface area contributed by atoms with E-state index >= 15 is 0 Å². The number of hydrogen-bond donors (Lipinski definition) is 1. The third kappa shape index (κ3) is 4.78. The molecule has 2 heterocycles. The summed E-state index contributed by atoms with van der Waals surface area (Å²) in [5.41, 5.74) is 4.81. The minimum atomic E-state index is -0.420. The second-order valence-electron chi connectivity index (χ2n) is 8.53. The molecule has 2 aromatic heterocycles. The number of hydrogen-bond acceptors (Lipinski definition) is 6. The van der Waals surface area contributed by atoms with Crippen molar-refractivity contribution in [3.63, 3.8) is 0 Å². The van der Waals surface area contributed by atoms with Crippen molar-refractivity contribution in [2.45, 2.75) is 27.0 Å². The Balaban J connectivity index is 1.53. The smallest absolute Gasteiger partial charge is 0.332 e. The molecule has 0 aliphatic heterocycles. The normalized spacial score (nSPS) is 11.6. The van der Waals surface area contributed by atoms with Gasteiger partial charge in [-0.2, -0.15) is 10.1 Å². The van der Waals surface area contributed by atoms with Crippen LogP contribution in [0.5, 0.6) is 5.75 Å². The number of anilines is 1. The minimum absolute atomic E-state index is 0.257. The van der Waals surface area contributed by atoms with Gasteiger partial charge < -0.3 is 9.30 Å². The van der Waals surface area contributed by atoms with Crippen molar-refractivity contribution in [2.24, 2.45) is 25.1 Å². The number of aromatic nitrogens is 4. The number of rotatable bonds is 8. The fourth-order valence-electron chi connectivity index (χ4n) is 3.63. The molecule has 0 bridgehead atoms. The second kappa shape index (κ2) is 9.78. The Morgan fingerprint density at radius 2 is 1.74 bits per heavy atom. The highest BCUT2D eigenvalue weighted by atomic mass is 16.5. The van der Waals surface area contributed by atoms with Gasteiger partial charge in [0, 0.05) is 20.6 Å². The molecule has 0 aliphatic rings. The Hall–Kier alpha value is -4.14. The van der Waals surface area contributed by atoms with Gasteiger partial charge in [0.1, 0.15) is 12.4 Å². The van der Waals surface area contributed by atoms with Gasteiger partial charge >= 0.3 is 5.69 Å². The number of nitrogens with one attached hydrogen (secondary N) is 1. The molecule has 0 unspecified atom stereocenters. The highest BCUT2D eigenvalue weighted by Gasteiger charge is 2.19. The van der Waals surface area contributed by atoms with Gasteiger partial charge in [0.15, 0.2) is 11.2 Å². The van der Waals surface area contributed by atoms with Crippen molar-refractivity contribution in [2.75, 3.05) is 5.43 Å². The number of nitrogens with zero attached hydrogens (tertiary/aromatic N) is 5. The van der Waals surface area contributed by atoms with E-state index in [1.807, 2.05) is 68.4 Å². The van der Waals surface area contributed by atoms with E-state index in [1.54, 1.807) is 17.8 Å². The molecule has 0 aliphatic carbocycles. The number of aryl methyl sites for hydroxylation is 1. The lowest BCUT2D eigenvalue weighted by Gasteiger charge is -2.11. The van der Waals surface area contributed by atoms with E-state index in [2.05, 4.69) is 15.5 Å². The van der Waals surface area contributed by atoms with Crippen LogP contribution >= 0.6 is 0 Å². The van der Waals surface area contributed by atoms with Gasteiger partial charge in [0.05, 0.1) is 6.21 Å². The van der Waals surface area contributed by atoms with Gasteiger partial charge in [-0.3, -0.25) is 13.9 Å². The van der Waals surface area contributed by atoms with Gasteiger partial charge in [-0.15, -0.1) is 0 Å². The van der Waals surface area contributed by atoms with E-state index in [-0.39, 0.29) is 11.5 Å². The van der Waals surface area contributed by atoms with Crippen molar-refractivity contribution in [3.8, 4) is 5.75 Å². The lowest BCUT2D eigenvalue weighted by atomic mass is 10.2. The number of hydrazone groups is 1. The molecule has 0 radical (unpaired) electrons. The summed E-state index contributed by atoms with van der Waals surface area (Å²) in [5.74, 6) is 1.43. The van der Waals surface area contributed by atoms with Crippen molar-refractivity contribution in [1.29, 1.82) is 0 Å². The summed E-state index contributed by atoms with van der Waals surface area (Å²) >= 11 is 0. The molecule has 0 amide bonds. The molecule has 1 N–H and O–H groups in total. The van der Waals surface area contributed by atoms with Gasteiger partial charge in [-0.25, -0.2) is 10.2 Å². The molecule has 0 atom stereocenters. The lowest BCUT2D eigenvalue weighted by Crippen LogP contribution is -2.37. The zero-order chi connectivity index (χ0) is 24.2. The largest absolute Gasteiger partial charge is 0.489 e. The third-order valence-electron chi connectivity index (χ3n) is 5.40. The van der Waals surface area contributed by atoms with Gasteiger partial charge in [0.2, 0.25) is 5.95 Å². The molecule has 0 fully saturated rings. The lowest BCUT2D eigenvalue weighted by molar-refractivity contribution is 0.306. The molecular formula is C25H28N6O3. The highest BCUT2D eigenvalue weighted by molar-refractivity contribution is 5.80. The summed E-state index contributed by atoms with van der Waals surface area (Å²) in [6.07, 6.45) is 1.66. The highest BCUT2D eigenvalue weighted by Crippen LogP contribution is 2.18. The molecular weight excluding hydrogens is 432 g/mol. The van der Waals surface area contributed by atoms with Crippen LogP contribution in [0.15, 0.2) is 69.3 Å². The molecule has 4 rings (SSSR count). The SMILES string of the molecule is CC(C)Cn1c(NN=Cc2ccc(OCc3ccccc3)cc2)nc2c1c(=O)n(C)c(=O)n2C. The maximum atomic E-state index is 12.8. The molecule has 34 heavy (non-hydrogen) atoms. The first-order valence-electron chi connectivity index (χ1n) is 11.1. The van der Waals surface area contributed by atoms with Crippen LogP contribution in [-0.4, -0.2) is 24.9 Å². The molecule has 2 aromatic carbocycles. The molecule has 0 saturated carbocycles. The fourth-order valence-corrected chi connectivity index (χ4v) is 3.63. The zero-order valence-corrected chi connectivity index (χ0v) is 19.7. The average molecular weight is 461 g/mol. The first-order chi connectivity index (χ1) is 16.3. The maximum Gasteiger partial charge on any atom is 0.332 e. The van der Waals surface area contributed by atoms with Gasteiger partial charge in [0.25, 0.3) is 5.56 Å². The quantitative estimate of drug-likeness (QED) is 0.322. The Morgan fingerprint density at radius 1 is 1.03 bits per heavy atom. The molecule has 4 aromatic rings. The molecule has 0 spiro atoms. The summed E-state index contributed by atoms with van der Waals surface area (Å²) in [4.78, 5) is 29.6. The van der Waals surface area contributed by atoms with Crippen LogP contribution in [0.1, 0.15) is 25.0 Å². The van der Waals surface area contributed by atoms with Crippen molar-refractivity contribution < 1.29 is 4.74 Å². The molecule has 0 saturated heterocycles. The minimum Gasteiger partial charge on any atom is -0.489 e. The summed E-state index contributed by atoms with van der Waals surface area (Å²) in [6.45, 7) is 5.15. The molecule has 9 heteroatoms.